The fourth-order valence-corrected chi connectivity index (χ4v) is 1.42. The molecule has 0 amide bonds. The molecule has 0 spiro atoms. The first-order valence-electron chi connectivity index (χ1n) is 4.68. The summed E-state index contributed by atoms with van der Waals surface area (Å²) in [7, 11) is 1.22. The Bertz CT molecular complexity index is 405. The highest BCUT2D eigenvalue weighted by Gasteiger charge is 2.28. The van der Waals surface area contributed by atoms with Crippen molar-refractivity contribution in [1.29, 1.82) is 0 Å². The van der Waals surface area contributed by atoms with Gasteiger partial charge in [0.1, 0.15) is 11.6 Å². The SMILES string of the molecule is COC(=O)C[C@](C)(N)c1ccc(F)cc1F. The van der Waals surface area contributed by atoms with E-state index in [2.05, 4.69) is 4.74 Å². The third-order valence-electron chi connectivity index (χ3n) is 2.29. The quantitative estimate of drug-likeness (QED) is 0.802. The Morgan fingerprint density at radius 3 is 2.62 bits per heavy atom. The molecule has 0 saturated heterocycles. The summed E-state index contributed by atoms with van der Waals surface area (Å²) >= 11 is 0. The van der Waals surface area contributed by atoms with Crippen molar-refractivity contribution < 1.29 is 18.3 Å². The second-order valence-corrected chi connectivity index (χ2v) is 3.79. The molecule has 5 heteroatoms. The van der Waals surface area contributed by atoms with Gasteiger partial charge in [0.15, 0.2) is 0 Å². The number of rotatable bonds is 3. The smallest absolute Gasteiger partial charge is 0.307 e. The fraction of sp³-hybridized carbons (Fsp3) is 0.364. The average Bonchev–Trinajstić information content (AvgIpc) is 2.16. The van der Waals surface area contributed by atoms with E-state index in [-0.39, 0.29) is 12.0 Å². The zero-order chi connectivity index (χ0) is 12.3. The molecule has 1 rings (SSSR count). The minimum Gasteiger partial charge on any atom is -0.469 e. The lowest BCUT2D eigenvalue weighted by molar-refractivity contribution is -0.142. The van der Waals surface area contributed by atoms with E-state index in [4.69, 9.17) is 5.73 Å². The lowest BCUT2D eigenvalue weighted by atomic mass is 9.89. The van der Waals surface area contributed by atoms with E-state index >= 15 is 0 Å². The number of benzene rings is 1. The minimum atomic E-state index is -1.22. The molecule has 3 nitrogen and oxygen atoms in total. The van der Waals surface area contributed by atoms with E-state index in [1.807, 2.05) is 0 Å². The first-order valence-corrected chi connectivity index (χ1v) is 4.68. The van der Waals surface area contributed by atoms with E-state index < -0.39 is 23.1 Å². The van der Waals surface area contributed by atoms with Gasteiger partial charge in [-0.25, -0.2) is 8.78 Å². The topological polar surface area (TPSA) is 52.3 Å². The van der Waals surface area contributed by atoms with Crippen LogP contribution in [0.3, 0.4) is 0 Å². The van der Waals surface area contributed by atoms with Gasteiger partial charge in [-0.15, -0.1) is 0 Å². The molecule has 0 aliphatic rings. The van der Waals surface area contributed by atoms with Gasteiger partial charge < -0.3 is 10.5 Å². The predicted octanol–water partition coefficient (Wildman–Crippen LogP) is 1.70. The lowest BCUT2D eigenvalue weighted by Gasteiger charge is -2.24. The third kappa shape index (κ3) is 2.76. The molecule has 0 aliphatic heterocycles. The number of halogens is 2. The average molecular weight is 229 g/mol. The molecule has 0 bridgehead atoms. The molecule has 0 aromatic heterocycles. The van der Waals surface area contributed by atoms with Crippen molar-refractivity contribution in [3.05, 3.63) is 35.4 Å². The van der Waals surface area contributed by atoms with Gasteiger partial charge >= 0.3 is 5.97 Å². The molecule has 0 radical (unpaired) electrons. The third-order valence-corrected chi connectivity index (χ3v) is 2.29. The summed E-state index contributed by atoms with van der Waals surface area (Å²) in [5.41, 5.74) is 4.67. The predicted molar refractivity (Wildman–Crippen MR) is 54.5 cm³/mol. The van der Waals surface area contributed by atoms with Crippen molar-refractivity contribution in [2.75, 3.05) is 7.11 Å². The summed E-state index contributed by atoms with van der Waals surface area (Å²) in [5, 5.41) is 0. The second kappa shape index (κ2) is 4.57. The van der Waals surface area contributed by atoms with Gasteiger partial charge in [-0.3, -0.25) is 4.79 Å². The van der Waals surface area contributed by atoms with Crippen molar-refractivity contribution in [3.63, 3.8) is 0 Å². The van der Waals surface area contributed by atoms with Crippen LogP contribution in [0.1, 0.15) is 18.9 Å². The largest absolute Gasteiger partial charge is 0.469 e. The molecule has 0 aliphatic carbocycles. The van der Waals surface area contributed by atoms with E-state index in [1.165, 1.54) is 20.1 Å². The maximum Gasteiger partial charge on any atom is 0.307 e. The van der Waals surface area contributed by atoms with Gasteiger partial charge in [-0.2, -0.15) is 0 Å². The molecule has 88 valence electrons. The summed E-state index contributed by atoms with van der Waals surface area (Å²) < 4.78 is 30.6. The van der Waals surface area contributed by atoms with Gasteiger partial charge in [-0.05, 0) is 13.0 Å². The molecule has 0 fully saturated rings. The molecule has 2 N–H and O–H groups in total. The number of carbonyl (C=O) groups excluding carboxylic acids is 1. The first-order chi connectivity index (χ1) is 7.36. The molecular formula is C11H13F2NO2. The molecule has 1 aromatic rings. The Morgan fingerprint density at radius 1 is 1.50 bits per heavy atom. The van der Waals surface area contributed by atoms with Crippen LogP contribution in [0.4, 0.5) is 8.78 Å². The van der Waals surface area contributed by atoms with Crippen molar-refractivity contribution in [2.45, 2.75) is 18.9 Å². The summed E-state index contributed by atoms with van der Waals surface area (Å²) in [6.45, 7) is 1.49. The van der Waals surface area contributed by atoms with Crippen LogP contribution in [0.15, 0.2) is 18.2 Å². The minimum absolute atomic E-state index is 0.0827. The normalized spacial score (nSPS) is 14.3. The van der Waals surface area contributed by atoms with Crippen LogP contribution >= 0.6 is 0 Å². The van der Waals surface area contributed by atoms with E-state index in [0.717, 1.165) is 12.1 Å². The standard InChI is InChI=1S/C11H13F2NO2/c1-11(14,6-10(15)16-2)8-4-3-7(12)5-9(8)13/h3-5H,6,14H2,1-2H3/t11-/m0/s1. The zero-order valence-electron chi connectivity index (χ0n) is 9.09. The van der Waals surface area contributed by atoms with Gasteiger partial charge in [0.2, 0.25) is 0 Å². The van der Waals surface area contributed by atoms with Gasteiger partial charge in [0.25, 0.3) is 0 Å². The summed E-state index contributed by atoms with van der Waals surface area (Å²) in [5.74, 6) is -2.00. The number of hydrogen-bond donors (Lipinski definition) is 1. The summed E-state index contributed by atoms with van der Waals surface area (Å²) in [6.07, 6.45) is -0.175. The van der Waals surface area contributed by atoms with Crippen molar-refractivity contribution >= 4 is 5.97 Å². The van der Waals surface area contributed by atoms with Gasteiger partial charge in [0, 0.05) is 11.6 Å². The zero-order valence-corrected chi connectivity index (χ0v) is 9.09. The highest BCUT2D eigenvalue weighted by molar-refractivity contribution is 5.71. The Kier molecular flexibility index (Phi) is 3.59. The number of hydrogen-bond acceptors (Lipinski definition) is 3. The van der Waals surface area contributed by atoms with Gasteiger partial charge in [0.05, 0.1) is 19.1 Å². The van der Waals surface area contributed by atoms with Crippen LogP contribution in [-0.4, -0.2) is 13.1 Å². The summed E-state index contributed by atoms with van der Waals surface area (Å²) in [4.78, 5) is 11.1. The van der Waals surface area contributed by atoms with Crippen LogP contribution in [0, 0.1) is 11.6 Å². The molecule has 1 aromatic carbocycles. The Balaban J connectivity index is 3.02. The Hall–Kier alpha value is -1.49. The molecule has 1 atom stereocenters. The highest BCUT2D eigenvalue weighted by Crippen LogP contribution is 2.25. The number of carbonyl (C=O) groups is 1. The Morgan fingerprint density at radius 2 is 2.12 bits per heavy atom. The fourth-order valence-electron chi connectivity index (χ4n) is 1.42. The van der Waals surface area contributed by atoms with Crippen molar-refractivity contribution in [2.24, 2.45) is 5.73 Å². The molecular weight excluding hydrogens is 216 g/mol. The number of nitrogens with two attached hydrogens (primary N) is 1. The van der Waals surface area contributed by atoms with Gasteiger partial charge in [-0.1, -0.05) is 6.07 Å². The first kappa shape index (κ1) is 12.6. The lowest BCUT2D eigenvalue weighted by Crippen LogP contribution is -2.36. The number of esters is 1. The van der Waals surface area contributed by atoms with Crippen LogP contribution < -0.4 is 5.73 Å². The van der Waals surface area contributed by atoms with E-state index in [0.29, 0.717) is 0 Å². The van der Waals surface area contributed by atoms with Crippen molar-refractivity contribution in [1.82, 2.24) is 0 Å². The van der Waals surface area contributed by atoms with Crippen LogP contribution in [0.2, 0.25) is 0 Å². The molecule has 0 heterocycles. The van der Waals surface area contributed by atoms with Crippen LogP contribution in [0.25, 0.3) is 0 Å². The second-order valence-electron chi connectivity index (χ2n) is 3.79. The Labute approximate surface area is 92.2 Å². The highest BCUT2D eigenvalue weighted by atomic mass is 19.1. The molecule has 16 heavy (non-hydrogen) atoms. The van der Waals surface area contributed by atoms with Crippen LogP contribution in [0.5, 0.6) is 0 Å². The maximum atomic E-state index is 13.4. The maximum absolute atomic E-state index is 13.4. The van der Waals surface area contributed by atoms with Crippen LogP contribution in [-0.2, 0) is 15.1 Å². The van der Waals surface area contributed by atoms with E-state index in [1.54, 1.807) is 0 Å². The molecule has 0 saturated carbocycles. The summed E-state index contributed by atoms with van der Waals surface area (Å²) in [6, 6.07) is 3.06. The monoisotopic (exact) mass is 229 g/mol. The van der Waals surface area contributed by atoms with Crippen molar-refractivity contribution in [3.8, 4) is 0 Å². The molecule has 0 unspecified atom stereocenters. The number of methoxy groups -OCH3 is 1. The number of ether oxygens (including phenoxy) is 1. The van der Waals surface area contributed by atoms with E-state index in [9.17, 15) is 13.6 Å².